The third-order valence-corrected chi connectivity index (χ3v) is 2.72. The minimum atomic E-state index is 0.191. The number of aromatic nitrogens is 1. The number of hydrogen-bond donors (Lipinski definition) is 1. The zero-order chi connectivity index (χ0) is 12.8. The van der Waals surface area contributed by atoms with Gasteiger partial charge >= 0.3 is 0 Å². The van der Waals surface area contributed by atoms with Crippen molar-refractivity contribution >= 4 is 0 Å². The predicted octanol–water partition coefficient (Wildman–Crippen LogP) is 3.00. The van der Waals surface area contributed by atoms with Crippen LogP contribution in [0.25, 0.3) is 0 Å². The van der Waals surface area contributed by atoms with E-state index in [4.69, 9.17) is 4.74 Å². The summed E-state index contributed by atoms with van der Waals surface area (Å²) in [7, 11) is 0. The lowest BCUT2D eigenvalue weighted by molar-refractivity contribution is 0.163. The minimum Gasteiger partial charge on any atom is -0.474 e. The number of ether oxygens (including phenoxy) is 1. The van der Waals surface area contributed by atoms with Gasteiger partial charge in [-0.25, -0.2) is 4.98 Å². The standard InChI is InChI=1S/C14H24N2O/c1-10(2)12(5)17-14-8-6-7-13(16-14)9-15-11(3)4/h6-8,10-12,15H,9H2,1-5H3. The lowest BCUT2D eigenvalue weighted by Gasteiger charge is -2.17. The van der Waals surface area contributed by atoms with Gasteiger partial charge in [-0.1, -0.05) is 33.8 Å². The molecule has 1 unspecified atom stereocenters. The van der Waals surface area contributed by atoms with E-state index < -0.39 is 0 Å². The topological polar surface area (TPSA) is 34.1 Å². The summed E-state index contributed by atoms with van der Waals surface area (Å²) in [5.41, 5.74) is 1.02. The summed E-state index contributed by atoms with van der Waals surface area (Å²) in [6, 6.07) is 6.39. The van der Waals surface area contributed by atoms with Gasteiger partial charge in [-0.3, -0.25) is 0 Å². The molecule has 0 bridgehead atoms. The maximum atomic E-state index is 5.78. The normalized spacial score (nSPS) is 13.1. The molecule has 0 aliphatic carbocycles. The molecule has 0 fully saturated rings. The van der Waals surface area contributed by atoms with Crippen molar-refractivity contribution in [1.82, 2.24) is 10.3 Å². The van der Waals surface area contributed by atoms with E-state index in [-0.39, 0.29) is 6.10 Å². The second-order valence-electron chi connectivity index (χ2n) is 5.07. The molecule has 0 saturated carbocycles. The summed E-state index contributed by atoms with van der Waals surface area (Å²) in [6.07, 6.45) is 0.191. The molecule has 1 N–H and O–H groups in total. The Morgan fingerprint density at radius 1 is 1.18 bits per heavy atom. The second kappa shape index (κ2) is 6.60. The maximum absolute atomic E-state index is 5.78. The molecule has 1 aromatic heterocycles. The van der Waals surface area contributed by atoms with Crippen LogP contribution < -0.4 is 10.1 Å². The van der Waals surface area contributed by atoms with Crippen LogP contribution >= 0.6 is 0 Å². The first-order valence-corrected chi connectivity index (χ1v) is 6.35. The van der Waals surface area contributed by atoms with Crippen molar-refractivity contribution < 1.29 is 4.74 Å². The van der Waals surface area contributed by atoms with E-state index in [0.717, 1.165) is 12.2 Å². The highest BCUT2D eigenvalue weighted by Gasteiger charge is 2.09. The Balaban J connectivity index is 2.59. The summed E-state index contributed by atoms with van der Waals surface area (Å²) < 4.78 is 5.78. The summed E-state index contributed by atoms with van der Waals surface area (Å²) in [5, 5.41) is 3.35. The average Bonchev–Trinajstić information content (AvgIpc) is 2.26. The maximum Gasteiger partial charge on any atom is 0.213 e. The molecule has 96 valence electrons. The molecule has 3 heteroatoms. The Hall–Kier alpha value is -1.09. The number of pyridine rings is 1. The van der Waals surface area contributed by atoms with Crippen molar-refractivity contribution in [2.45, 2.75) is 53.3 Å². The molecular weight excluding hydrogens is 212 g/mol. The smallest absolute Gasteiger partial charge is 0.213 e. The Bertz CT molecular complexity index is 337. The first-order chi connectivity index (χ1) is 7.99. The summed E-state index contributed by atoms with van der Waals surface area (Å²) in [4.78, 5) is 4.48. The molecule has 0 amide bonds. The van der Waals surface area contributed by atoms with Crippen LogP contribution in [0.2, 0.25) is 0 Å². The monoisotopic (exact) mass is 236 g/mol. The fraction of sp³-hybridized carbons (Fsp3) is 0.643. The molecule has 0 aliphatic heterocycles. The molecule has 3 nitrogen and oxygen atoms in total. The van der Waals surface area contributed by atoms with Crippen LogP contribution in [0, 0.1) is 5.92 Å². The molecule has 0 radical (unpaired) electrons. The van der Waals surface area contributed by atoms with E-state index in [0.29, 0.717) is 17.8 Å². The van der Waals surface area contributed by atoms with Crippen LogP contribution in [0.3, 0.4) is 0 Å². The Labute approximate surface area is 105 Å². The Morgan fingerprint density at radius 3 is 2.47 bits per heavy atom. The molecule has 1 rings (SSSR count). The quantitative estimate of drug-likeness (QED) is 0.824. The van der Waals surface area contributed by atoms with Crippen LogP contribution in [0.15, 0.2) is 18.2 Å². The van der Waals surface area contributed by atoms with Gasteiger partial charge in [0.15, 0.2) is 0 Å². The Kier molecular flexibility index (Phi) is 5.42. The van der Waals surface area contributed by atoms with Crippen LogP contribution in [0.1, 0.15) is 40.3 Å². The van der Waals surface area contributed by atoms with Crippen molar-refractivity contribution in [2.75, 3.05) is 0 Å². The SMILES string of the molecule is CC(C)NCc1cccc(OC(C)C(C)C)n1. The zero-order valence-electron chi connectivity index (χ0n) is 11.5. The van der Waals surface area contributed by atoms with E-state index in [9.17, 15) is 0 Å². The van der Waals surface area contributed by atoms with Crippen LogP contribution in [-0.4, -0.2) is 17.1 Å². The van der Waals surface area contributed by atoms with Crippen LogP contribution in [0.5, 0.6) is 5.88 Å². The summed E-state index contributed by atoms with van der Waals surface area (Å²) in [5.74, 6) is 1.21. The lowest BCUT2D eigenvalue weighted by Crippen LogP contribution is -2.23. The number of rotatable bonds is 6. The Morgan fingerprint density at radius 2 is 1.88 bits per heavy atom. The van der Waals surface area contributed by atoms with E-state index in [2.05, 4.69) is 44.9 Å². The molecule has 0 saturated heterocycles. The molecule has 1 heterocycles. The third kappa shape index (κ3) is 5.18. The van der Waals surface area contributed by atoms with Crippen LogP contribution in [-0.2, 0) is 6.54 Å². The predicted molar refractivity (Wildman–Crippen MR) is 71.1 cm³/mol. The fourth-order valence-corrected chi connectivity index (χ4v) is 1.26. The number of nitrogens with one attached hydrogen (secondary N) is 1. The lowest BCUT2D eigenvalue weighted by atomic mass is 10.1. The highest BCUT2D eigenvalue weighted by Crippen LogP contribution is 2.13. The molecule has 1 aromatic rings. The average molecular weight is 236 g/mol. The number of hydrogen-bond acceptors (Lipinski definition) is 3. The first-order valence-electron chi connectivity index (χ1n) is 6.35. The summed E-state index contributed by atoms with van der Waals surface area (Å²) >= 11 is 0. The van der Waals surface area contributed by atoms with Crippen molar-refractivity contribution in [2.24, 2.45) is 5.92 Å². The molecule has 0 spiro atoms. The van der Waals surface area contributed by atoms with E-state index in [1.54, 1.807) is 0 Å². The van der Waals surface area contributed by atoms with Crippen LogP contribution in [0.4, 0.5) is 0 Å². The van der Waals surface area contributed by atoms with Gasteiger partial charge in [0.2, 0.25) is 5.88 Å². The molecule has 0 aliphatic rings. The van der Waals surface area contributed by atoms with E-state index >= 15 is 0 Å². The second-order valence-corrected chi connectivity index (χ2v) is 5.07. The van der Waals surface area contributed by atoms with E-state index in [1.807, 2.05) is 18.2 Å². The van der Waals surface area contributed by atoms with E-state index in [1.165, 1.54) is 0 Å². The van der Waals surface area contributed by atoms with Crippen molar-refractivity contribution in [1.29, 1.82) is 0 Å². The van der Waals surface area contributed by atoms with Gasteiger partial charge in [0.1, 0.15) is 0 Å². The van der Waals surface area contributed by atoms with Gasteiger partial charge in [-0.15, -0.1) is 0 Å². The van der Waals surface area contributed by atoms with Gasteiger partial charge in [-0.2, -0.15) is 0 Å². The van der Waals surface area contributed by atoms with Crippen molar-refractivity contribution in [3.63, 3.8) is 0 Å². The fourth-order valence-electron chi connectivity index (χ4n) is 1.26. The minimum absolute atomic E-state index is 0.191. The molecular formula is C14H24N2O. The largest absolute Gasteiger partial charge is 0.474 e. The van der Waals surface area contributed by atoms with Gasteiger partial charge < -0.3 is 10.1 Å². The van der Waals surface area contributed by atoms with Gasteiger partial charge in [0, 0.05) is 18.7 Å². The third-order valence-electron chi connectivity index (χ3n) is 2.72. The van der Waals surface area contributed by atoms with Gasteiger partial charge in [-0.05, 0) is 18.9 Å². The first kappa shape index (κ1) is 14.0. The number of nitrogens with zero attached hydrogens (tertiary/aromatic N) is 1. The molecule has 17 heavy (non-hydrogen) atoms. The van der Waals surface area contributed by atoms with Gasteiger partial charge in [0.05, 0.1) is 11.8 Å². The molecule has 1 atom stereocenters. The van der Waals surface area contributed by atoms with Crippen molar-refractivity contribution in [3.8, 4) is 5.88 Å². The highest BCUT2D eigenvalue weighted by atomic mass is 16.5. The molecule has 0 aromatic carbocycles. The van der Waals surface area contributed by atoms with Gasteiger partial charge in [0.25, 0.3) is 0 Å². The highest BCUT2D eigenvalue weighted by molar-refractivity contribution is 5.16. The zero-order valence-corrected chi connectivity index (χ0v) is 11.5. The summed E-state index contributed by atoms with van der Waals surface area (Å²) in [6.45, 7) is 11.4. The van der Waals surface area contributed by atoms with Crippen molar-refractivity contribution in [3.05, 3.63) is 23.9 Å².